The minimum atomic E-state index is -0.324. The third kappa shape index (κ3) is 3.22. The number of carbonyl (C=O) groups is 1. The number of aromatic amines is 1. The van der Waals surface area contributed by atoms with E-state index in [0.29, 0.717) is 24.6 Å². The average Bonchev–Trinajstić information content (AvgIpc) is 3.12. The van der Waals surface area contributed by atoms with Gasteiger partial charge in [-0.3, -0.25) is 9.98 Å². The maximum absolute atomic E-state index is 12.0. The molecule has 1 saturated carbocycles. The van der Waals surface area contributed by atoms with Crippen molar-refractivity contribution in [1.82, 2.24) is 4.98 Å². The maximum Gasteiger partial charge on any atom is 0.337 e. The second-order valence-electron chi connectivity index (χ2n) is 7.20. The van der Waals surface area contributed by atoms with Crippen molar-refractivity contribution in [1.29, 1.82) is 0 Å². The Kier molecular flexibility index (Phi) is 4.92. The Morgan fingerprint density at radius 3 is 2.74 bits per heavy atom. The van der Waals surface area contributed by atoms with Crippen molar-refractivity contribution in [3.63, 3.8) is 0 Å². The van der Waals surface area contributed by atoms with Crippen molar-refractivity contribution in [3.05, 3.63) is 47.7 Å². The maximum atomic E-state index is 12.0. The molecule has 1 aromatic carbocycles. The first kappa shape index (κ1) is 17.7. The number of methoxy groups -OCH3 is 1. The molecule has 5 heteroatoms. The molecule has 140 valence electrons. The number of benzene rings is 1. The Morgan fingerprint density at radius 2 is 2.00 bits per heavy atom. The predicted octanol–water partition coefficient (Wildman–Crippen LogP) is 4.43. The van der Waals surface area contributed by atoms with Gasteiger partial charge in [-0.05, 0) is 42.5 Å². The Labute approximate surface area is 159 Å². The summed E-state index contributed by atoms with van der Waals surface area (Å²) in [6, 6.07) is 5.77. The summed E-state index contributed by atoms with van der Waals surface area (Å²) in [5, 5.41) is 1.17. The second kappa shape index (κ2) is 7.51. The molecular formula is C22H25N3O2. The molecule has 1 N–H and O–H groups in total. The van der Waals surface area contributed by atoms with Crippen LogP contribution in [0, 0.1) is 0 Å². The number of ether oxygens (including phenoxy) is 1. The average molecular weight is 363 g/mol. The second-order valence-corrected chi connectivity index (χ2v) is 7.20. The third-order valence-corrected chi connectivity index (χ3v) is 5.60. The van der Waals surface area contributed by atoms with Crippen LogP contribution < -0.4 is 0 Å². The van der Waals surface area contributed by atoms with Gasteiger partial charge in [-0.25, -0.2) is 4.79 Å². The van der Waals surface area contributed by atoms with Crippen LogP contribution in [-0.2, 0) is 4.74 Å². The molecule has 0 spiro atoms. The van der Waals surface area contributed by atoms with Crippen LogP contribution >= 0.6 is 0 Å². The summed E-state index contributed by atoms with van der Waals surface area (Å²) in [6.45, 7) is 5.32. The van der Waals surface area contributed by atoms with Crippen LogP contribution in [0.2, 0.25) is 0 Å². The van der Waals surface area contributed by atoms with Crippen LogP contribution in [0.25, 0.3) is 10.9 Å². The number of nitrogens with one attached hydrogen (secondary N) is 1. The van der Waals surface area contributed by atoms with Crippen LogP contribution in [0.4, 0.5) is 0 Å². The van der Waals surface area contributed by atoms with E-state index in [2.05, 4.69) is 16.6 Å². The van der Waals surface area contributed by atoms with Gasteiger partial charge in [0, 0.05) is 10.9 Å². The van der Waals surface area contributed by atoms with Gasteiger partial charge >= 0.3 is 5.97 Å². The number of carbonyl (C=O) groups excluding carboxylic acids is 1. The van der Waals surface area contributed by atoms with Crippen LogP contribution in [0.5, 0.6) is 0 Å². The van der Waals surface area contributed by atoms with E-state index in [4.69, 9.17) is 9.73 Å². The number of hydrogen-bond donors (Lipinski definition) is 1. The van der Waals surface area contributed by atoms with Gasteiger partial charge < -0.3 is 9.72 Å². The van der Waals surface area contributed by atoms with Crippen molar-refractivity contribution < 1.29 is 9.53 Å². The summed E-state index contributed by atoms with van der Waals surface area (Å²) in [6.07, 6.45) is 7.98. The van der Waals surface area contributed by atoms with Gasteiger partial charge in [-0.1, -0.05) is 31.9 Å². The van der Waals surface area contributed by atoms with E-state index in [0.717, 1.165) is 22.6 Å². The van der Waals surface area contributed by atoms with E-state index >= 15 is 0 Å². The summed E-state index contributed by atoms with van der Waals surface area (Å²) in [4.78, 5) is 24.9. The van der Waals surface area contributed by atoms with Gasteiger partial charge in [0.25, 0.3) is 0 Å². The highest BCUT2D eigenvalue weighted by atomic mass is 16.5. The summed E-state index contributed by atoms with van der Waals surface area (Å²) in [5.74, 6) is 0.179. The quantitative estimate of drug-likeness (QED) is 0.817. The van der Waals surface area contributed by atoms with Crippen LogP contribution in [-0.4, -0.2) is 42.6 Å². The molecular weight excluding hydrogens is 338 g/mol. The molecule has 1 aromatic heterocycles. The van der Waals surface area contributed by atoms with E-state index in [1.54, 1.807) is 6.08 Å². The number of allylic oxidation sites excluding steroid dienone is 1. The minimum absolute atomic E-state index is 0.324. The fourth-order valence-electron chi connectivity index (χ4n) is 4.32. The Morgan fingerprint density at radius 1 is 1.22 bits per heavy atom. The van der Waals surface area contributed by atoms with Crippen LogP contribution in [0.15, 0.2) is 40.8 Å². The Balaban J connectivity index is 1.90. The zero-order valence-electron chi connectivity index (χ0n) is 15.8. The van der Waals surface area contributed by atoms with Gasteiger partial charge in [0.05, 0.1) is 37.2 Å². The first-order valence-corrected chi connectivity index (χ1v) is 9.69. The topological polar surface area (TPSA) is 66.8 Å². The molecule has 2 aliphatic rings. The van der Waals surface area contributed by atoms with Crippen molar-refractivity contribution >= 4 is 28.3 Å². The van der Waals surface area contributed by atoms with E-state index in [1.807, 2.05) is 18.2 Å². The number of H-pyrrole nitrogens is 1. The zero-order chi connectivity index (χ0) is 18.8. The molecule has 1 aliphatic carbocycles. The molecule has 1 aliphatic heterocycles. The van der Waals surface area contributed by atoms with E-state index < -0.39 is 0 Å². The molecule has 0 saturated heterocycles. The number of aliphatic imine (C=N–C) groups is 2. The Bertz CT molecular complexity index is 946. The lowest BCUT2D eigenvalue weighted by molar-refractivity contribution is 0.0601. The van der Waals surface area contributed by atoms with Gasteiger partial charge in [0.15, 0.2) is 0 Å². The number of nitrogens with zero attached hydrogens (tertiary/aromatic N) is 2. The number of aromatic nitrogens is 1. The molecule has 0 unspecified atom stereocenters. The van der Waals surface area contributed by atoms with E-state index in [9.17, 15) is 4.79 Å². The summed E-state index contributed by atoms with van der Waals surface area (Å²) < 4.78 is 4.88. The van der Waals surface area contributed by atoms with Crippen molar-refractivity contribution in [2.24, 2.45) is 9.98 Å². The van der Waals surface area contributed by atoms with E-state index in [1.165, 1.54) is 50.2 Å². The number of fused-ring (bicyclic) bond motifs is 1. The third-order valence-electron chi connectivity index (χ3n) is 5.60. The summed E-state index contributed by atoms with van der Waals surface area (Å²) in [5.41, 5.74) is 5.60. The van der Waals surface area contributed by atoms with Crippen molar-refractivity contribution in [2.75, 3.05) is 20.2 Å². The molecule has 0 atom stereocenters. The van der Waals surface area contributed by atoms with Gasteiger partial charge in [-0.15, -0.1) is 0 Å². The normalized spacial score (nSPS) is 18.1. The van der Waals surface area contributed by atoms with Crippen molar-refractivity contribution in [2.45, 2.75) is 38.0 Å². The largest absolute Gasteiger partial charge is 0.465 e. The molecule has 27 heavy (non-hydrogen) atoms. The SMILES string of the molecule is C=CC1=NCCN=C1c1[nH]c2cc(C(=O)OC)ccc2c1C1CCCCC1. The highest BCUT2D eigenvalue weighted by Crippen LogP contribution is 2.39. The first-order chi connectivity index (χ1) is 13.2. The zero-order valence-corrected chi connectivity index (χ0v) is 15.8. The van der Waals surface area contributed by atoms with Crippen LogP contribution in [0.3, 0.4) is 0 Å². The van der Waals surface area contributed by atoms with Gasteiger partial charge in [0.1, 0.15) is 5.71 Å². The highest BCUT2D eigenvalue weighted by molar-refractivity contribution is 6.52. The lowest BCUT2D eigenvalue weighted by Crippen LogP contribution is -2.22. The minimum Gasteiger partial charge on any atom is -0.465 e. The number of rotatable bonds is 4. The number of hydrogen-bond acceptors (Lipinski definition) is 4. The van der Waals surface area contributed by atoms with Gasteiger partial charge in [0.2, 0.25) is 0 Å². The lowest BCUT2D eigenvalue weighted by atomic mass is 9.81. The highest BCUT2D eigenvalue weighted by Gasteiger charge is 2.27. The fourth-order valence-corrected chi connectivity index (χ4v) is 4.32. The standard InChI is InChI=1S/C22H25N3O2/c1-3-17-20(24-12-11-23-17)21-19(14-7-5-4-6-8-14)16-10-9-15(22(26)27-2)13-18(16)25-21/h3,9-10,13-14,25H,1,4-8,11-12H2,2H3. The fraction of sp³-hybridized carbons (Fsp3) is 0.409. The molecule has 2 aromatic rings. The lowest BCUT2D eigenvalue weighted by Gasteiger charge is -2.23. The summed E-state index contributed by atoms with van der Waals surface area (Å²) in [7, 11) is 1.41. The van der Waals surface area contributed by atoms with E-state index in [-0.39, 0.29) is 5.97 Å². The molecule has 4 rings (SSSR count). The van der Waals surface area contributed by atoms with Crippen molar-refractivity contribution in [3.8, 4) is 0 Å². The molecule has 1 fully saturated rings. The molecule has 0 radical (unpaired) electrons. The summed E-state index contributed by atoms with van der Waals surface area (Å²) >= 11 is 0. The Hall–Kier alpha value is -2.69. The molecule has 0 bridgehead atoms. The first-order valence-electron chi connectivity index (χ1n) is 9.69. The van der Waals surface area contributed by atoms with Gasteiger partial charge in [-0.2, -0.15) is 0 Å². The molecule has 0 amide bonds. The monoisotopic (exact) mass is 363 g/mol. The van der Waals surface area contributed by atoms with Crippen LogP contribution in [0.1, 0.15) is 59.6 Å². The molecule has 2 heterocycles. The number of esters is 1. The molecule has 5 nitrogen and oxygen atoms in total. The smallest absolute Gasteiger partial charge is 0.337 e. The predicted molar refractivity (Wildman–Crippen MR) is 109 cm³/mol.